The second-order valence-corrected chi connectivity index (χ2v) is 5.79. The minimum atomic E-state index is -0.133. The van der Waals surface area contributed by atoms with E-state index in [0.717, 1.165) is 31.6 Å². The zero-order valence-corrected chi connectivity index (χ0v) is 12.3. The van der Waals surface area contributed by atoms with Crippen molar-refractivity contribution in [2.45, 2.75) is 18.8 Å². The maximum Gasteiger partial charge on any atom is 0.248 e. The Balaban J connectivity index is 1.88. The Labute approximate surface area is 124 Å². The van der Waals surface area contributed by atoms with E-state index in [1.807, 2.05) is 23.1 Å². The standard InChI is InChI=1S/C16H21N3O2/c1-18-15(20)10-19(11-16(18)21)14-5-3-2-4-13(14)12-6-8-17-9-7-12/h2-5,12,17H,6-11H2,1H3. The second-order valence-electron chi connectivity index (χ2n) is 5.79. The molecule has 1 N–H and O–H groups in total. The largest absolute Gasteiger partial charge is 0.353 e. The summed E-state index contributed by atoms with van der Waals surface area (Å²) in [5, 5.41) is 3.37. The fourth-order valence-corrected chi connectivity index (χ4v) is 3.16. The molecule has 5 heteroatoms. The first-order valence-corrected chi connectivity index (χ1v) is 7.51. The maximum absolute atomic E-state index is 11.9. The van der Waals surface area contributed by atoms with Gasteiger partial charge in [0.15, 0.2) is 0 Å². The zero-order valence-electron chi connectivity index (χ0n) is 12.3. The first-order valence-electron chi connectivity index (χ1n) is 7.51. The molecule has 2 heterocycles. The molecule has 3 rings (SSSR count). The smallest absolute Gasteiger partial charge is 0.248 e. The van der Waals surface area contributed by atoms with Gasteiger partial charge in [0.25, 0.3) is 0 Å². The van der Waals surface area contributed by atoms with E-state index in [1.54, 1.807) is 7.05 Å². The summed E-state index contributed by atoms with van der Waals surface area (Å²) in [6.45, 7) is 2.62. The molecule has 2 aliphatic heterocycles. The normalized spacial score (nSPS) is 21.0. The lowest BCUT2D eigenvalue weighted by atomic mass is 9.88. The van der Waals surface area contributed by atoms with Gasteiger partial charge in [-0.25, -0.2) is 0 Å². The highest BCUT2D eigenvalue weighted by atomic mass is 16.2. The first-order chi connectivity index (χ1) is 10.2. The van der Waals surface area contributed by atoms with Crippen molar-refractivity contribution < 1.29 is 9.59 Å². The van der Waals surface area contributed by atoms with Crippen LogP contribution >= 0.6 is 0 Å². The van der Waals surface area contributed by atoms with E-state index in [-0.39, 0.29) is 24.9 Å². The Kier molecular flexibility index (Phi) is 3.92. The number of piperazine rings is 1. The van der Waals surface area contributed by atoms with Crippen molar-refractivity contribution in [2.24, 2.45) is 0 Å². The summed E-state index contributed by atoms with van der Waals surface area (Å²) < 4.78 is 0. The van der Waals surface area contributed by atoms with E-state index in [9.17, 15) is 9.59 Å². The van der Waals surface area contributed by atoms with Gasteiger partial charge >= 0.3 is 0 Å². The molecule has 0 atom stereocenters. The van der Waals surface area contributed by atoms with Crippen LogP contribution in [0.3, 0.4) is 0 Å². The molecule has 0 bridgehead atoms. The zero-order chi connectivity index (χ0) is 14.8. The van der Waals surface area contributed by atoms with Crippen molar-refractivity contribution in [3.8, 4) is 0 Å². The van der Waals surface area contributed by atoms with Crippen LogP contribution in [0.1, 0.15) is 24.3 Å². The highest BCUT2D eigenvalue weighted by Crippen LogP contribution is 2.33. The highest BCUT2D eigenvalue weighted by molar-refractivity contribution is 6.02. The summed E-state index contributed by atoms with van der Waals surface area (Å²) in [5.41, 5.74) is 2.31. The van der Waals surface area contributed by atoms with Crippen LogP contribution in [0.15, 0.2) is 24.3 Å². The third kappa shape index (κ3) is 2.78. The number of imide groups is 1. The van der Waals surface area contributed by atoms with Gasteiger partial charge in [0.05, 0.1) is 13.1 Å². The number of hydrogen-bond acceptors (Lipinski definition) is 4. The van der Waals surface area contributed by atoms with Gasteiger partial charge in [0.2, 0.25) is 11.8 Å². The summed E-state index contributed by atoms with van der Waals surface area (Å²) in [6, 6.07) is 8.19. The number of rotatable bonds is 2. The number of para-hydroxylation sites is 1. The number of likely N-dealkylation sites (N-methyl/N-ethyl adjacent to an activating group) is 1. The van der Waals surface area contributed by atoms with Gasteiger partial charge in [0, 0.05) is 12.7 Å². The molecule has 0 aromatic heterocycles. The topological polar surface area (TPSA) is 52.7 Å². The number of carbonyl (C=O) groups is 2. The Hall–Kier alpha value is -1.88. The average Bonchev–Trinajstić information content (AvgIpc) is 2.53. The monoisotopic (exact) mass is 287 g/mol. The number of anilines is 1. The molecule has 2 aliphatic rings. The fraction of sp³-hybridized carbons (Fsp3) is 0.500. The molecule has 2 amide bonds. The van der Waals surface area contributed by atoms with Crippen molar-refractivity contribution in [3.05, 3.63) is 29.8 Å². The second kappa shape index (κ2) is 5.85. The molecule has 0 saturated carbocycles. The van der Waals surface area contributed by atoms with Crippen molar-refractivity contribution in [2.75, 3.05) is 38.1 Å². The lowest BCUT2D eigenvalue weighted by molar-refractivity contribution is -0.143. The maximum atomic E-state index is 11.9. The van der Waals surface area contributed by atoms with Gasteiger partial charge in [-0.05, 0) is 43.5 Å². The third-order valence-electron chi connectivity index (χ3n) is 4.46. The van der Waals surface area contributed by atoms with Gasteiger partial charge in [0.1, 0.15) is 0 Å². The Morgan fingerprint density at radius 3 is 2.33 bits per heavy atom. The van der Waals surface area contributed by atoms with E-state index < -0.39 is 0 Å². The average molecular weight is 287 g/mol. The SMILES string of the molecule is CN1C(=O)CN(c2ccccc2C2CCNCC2)CC1=O. The molecular formula is C16H21N3O2. The summed E-state index contributed by atoms with van der Waals surface area (Å²) >= 11 is 0. The summed E-state index contributed by atoms with van der Waals surface area (Å²) in [7, 11) is 1.56. The molecule has 1 aromatic carbocycles. The Morgan fingerprint density at radius 2 is 1.67 bits per heavy atom. The van der Waals surface area contributed by atoms with Crippen LogP contribution in [0.25, 0.3) is 0 Å². The minimum Gasteiger partial charge on any atom is -0.353 e. The van der Waals surface area contributed by atoms with Crippen LogP contribution in [-0.2, 0) is 9.59 Å². The third-order valence-corrected chi connectivity index (χ3v) is 4.46. The summed E-state index contributed by atoms with van der Waals surface area (Å²) in [6.07, 6.45) is 2.21. The predicted octanol–water partition coefficient (Wildman–Crippen LogP) is 0.959. The molecule has 0 spiro atoms. The van der Waals surface area contributed by atoms with Crippen LogP contribution < -0.4 is 10.2 Å². The van der Waals surface area contributed by atoms with Crippen LogP contribution in [0, 0.1) is 0 Å². The predicted molar refractivity (Wildman–Crippen MR) is 81.3 cm³/mol. The Bertz CT molecular complexity index is 534. The lowest BCUT2D eigenvalue weighted by Crippen LogP contribution is -2.52. The molecule has 0 aliphatic carbocycles. The van der Waals surface area contributed by atoms with Crippen LogP contribution in [0.4, 0.5) is 5.69 Å². The van der Waals surface area contributed by atoms with Crippen LogP contribution in [0.5, 0.6) is 0 Å². The van der Waals surface area contributed by atoms with E-state index in [2.05, 4.69) is 11.4 Å². The molecule has 0 radical (unpaired) electrons. The van der Waals surface area contributed by atoms with E-state index in [1.165, 1.54) is 10.5 Å². The van der Waals surface area contributed by atoms with Gasteiger partial charge < -0.3 is 10.2 Å². The number of carbonyl (C=O) groups excluding carboxylic acids is 2. The van der Waals surface area contributed by atoms with Crippen molar-refractivity contribution in [3.63, 3.8) is 0 Å². The molecule has 21 heavy (non-hydrogen) atoms. The molecular weight excluding hydrogens is 266 g/mol. The summed E-state index contributed by atoms with van der Waals surface area (Å²) in [4.78, 5) is 27.0. The van der Waals surface area contributed by atoms with Crippen molar-refractivity contribution in [1.29, 1.82) is 0 Å². The quantitative estimate of drug-likeness (QED) is 0.823. The van der Waals surface area contributed by atoms with E-state index in [4.69, 9.17) is 0 Å². The lowest BCUT2D eigenvalue weighted by Gasteiger charge is -2.35. The first kappa shape index (κ1) is 14.1. The fourth-order valence-electron chi connectivity index (χ4n) is 3.16. The highest BCUT2D eigenvalue weighted by Gasteiger charge is 2.30. The van der Waals surface area contributed by atoms with Gasteiger partial charge in [-0.1, -0.05) is 18.2 Å². The number of nitrogens with zero attached hydrogens (tertiary/aromatic N) is 2. The van der Waals surface area contributed by atoms with E-state index >= 15 is 0 Å². The molecule has 0 unspecified atom stereocenters. The Morgan fingerprint density at radius 1 is 1.05 bits per heavy atom. The van der Waals surface area contributed by atoms with Gasteiger partial charge in [-0.15, -0.1) is 0 Å². The molecule has 1 aromatic rings. The number of amides is 2. The number of nitrogens with one attached hydrogen (secondary N) is 1. The molecule has 5 nitrogen and oxygen atoms in total. The number of piperidine rings is 1. The molecule has 2 fully saturated rings. The van der Waals surface area contributed by atoms with Gasteiger partial charge in [-0.2, -0.15) is 0 Å². The summed E-state index contributed by atoms with van der Waals surface area (Å²) in [5.74, 6) is 0.241. The van der Waals surface area contributed by atoms with Gasteiger partial charge in [-0.3, -0.25) is 14.5 Å². The van der Waals surface area contributed by atoms with Crippen LogP contribution in [0.2, 0.25) is 0 Å². The molecule has 112 valence electrons. The number of hydrogen-bond donors (Lipinski definition) is 1. The minimum absolute atomic E-state index is 0.133. The molecule has 2 saturated heterocycles. The number of benzene rings is 1. The van der Waals surface area contributed by atoms with Crippen molar-refractivity contribution in [1.82, 2.24) is 10.2 Å². The van der Waals surface area contributed by atoms with Crippen LogP contribution in [-0.4, -0.2) is 49.9 Å². The van der Waals surface area contributed by atoms with E-state index in [0.29, 0.717) is 5.92 Å². The van der Waals surface area contributed by atoms with Crippen molar-refractivity contribution >= 4 is 17.5 Å².